The third kappa shape index (κ3) is 2.66. The van der Waals surface area contributed by atoms with Crippen molar-refractivity contribution in [2.75, 3.05) is 11.4 Å². The lowest BCUT2D eigenvalue weighted by atomic mass is 9.96. The summed E-state index contributed by atoms with van der Waals surface area (Å²) in [6, 6.07) is 11.4. The van der Waals surface area contributed by atoms with Gasteiger partial charge in [-0.25, -0.2) is 0 Å². The predicted molar refractivity (Wildman–Crippen MR) is 70.9 cm³/mol. The highest BCUT2D eigenvalue weighted by molar-refractivity contribution is 5.47. The molecule has 0 N–H and O–H groups in total. The van der Waals surface area contributed by atoms with Gasteiger partial charge in [-0.1, -0.05) is 23.8 Å². The summed E-state index contributed by atoms with van der Waals surface area (Å²) in [5, 5.41) is 0. The molecule has 16 heavy (non-hydrogen) atoms. The maximum atomic E-state index is 4.05. The van der Waals surface area contributed by atoms with Gasteiger partial charge in [0.2, 0.25) is 0 Å². The summed E-state index contributed by atoms with van der Waals surface area (Å²) < 4.78 is 0. The van der Waals surface area contributed by atoms with E-state index in [1.54, 1.807) is 0 Å². The smallest absolute Gasteiger partial charge is 0.0368 e. The van der Waals surface area contributed by atoms with E-state index in [9.17, 15) is 0 Å². The molecule has 0 aliphatic carbocycles. The zero-order chi connectivity index (χ0) is 11.4. The average molecular weight is 215 g/mol. The fourth-order valence-electron chi connectivity index (χ4n) is 2.57. The van der Waals surface area contributed by atoms with Crippen molar-refractivity contribution in [2.24, 2.45) is 0 Å². The third-order valence-electron chi connectivity index (χ3n) is 3.30. The Kier molecular flexibility index (Phi) is 3.66. The molecule has 0 spiro atoms. The molecule has 0 aromatic heterocycles. The summed E-state index contributed by atoms with van der Waals surface area (Å²) in [6.45, 7) is 7.38. The Morgan fingerprint density at radius 1 is 1.31 bits per heavy atom. The van der Waals surface area contributed by atoms with Crippen LogP contribution in [0.5, 0.6) is 0 Å². The fourth-order valence-corrected chi connectivity index (χ4v) is 2.57. The Bertz CT molecular complexity index is 342. The number of piperidine rings is 1. The van der Waals surface area contributed by atoms with Crippen molar-refractivity contribution in [3.63, 3.8) is 0 Å². The molecule has 1 nitrogen and oxygen atoms in total. The van der Waals surface area contributed by atoms with Gasteiger partial charge in [-0.3, -0.25) is 0 Å². The van der Waals surface area contributed by atoms with Gasteiger partial charge < -0.3 is 4.90 Å². The Morgan fingerprint density at radius 3 is 2.75 bits per heavy atom. The van der Waals surface area contributed by atoms with Crippen molar-refractivity contribution in [2.45, 2.75) is 38.6 Å². The molecule has 1 aliphatic rings. The fraction of sp³-hybridized carbons (Fsp3) is 0.467. The van der Waals surface area contributed by atoms with Crippen molar-refractivity contribution in [1.29, 1.82) is 0 Å². The van der Waals surface area contributed by atoms with E-state index in [-0.39, 0.29) is 0 Å². The highest BCUT2D eigenvalue weighted by atomic mass is 15.2. The van der Waals surface area contributed by atoms with Crippen LogP contribution in [0.15, 0.2) is 42.5 Å². The van der Waals surface area contributed by atoms with Crippen LogP contribution in [0.1, 0.15) is 32.6 Å². The molecule has 0 radical (unpaired) electrons. The van der Waals surface area contributed by atoms with Crippen molar-refractivity contribution in [3.05, 3.63) is 42.5 Å². The molecule has 1 fully saturated rings. The second kappa shape index (κ2) is 5.20. The van der Waals surface area contributed by atoms with Crippen LogP contribution in [0.2, 0.25) is 0 Å². The Hall–Kier alpha value is -1.24. The van der Waals surface area contributed by atoms with E-state index >= 15 is 0 Å². The van der Waals surface area contributed by atoms with Crippen molar-refractivity contribution >= 4 is 5.69 Å². The SMILES string of the molecule is C=C(C)CC1CCCCN1c1ccccc1. The molecule has 1 aromatic rings. The van der Waals surface area contributed by atoms with Gasteiger partial charge in [-0.2, -0.15) is 0 Å². The molecule has 1 heterocycles. The van der Waals surface area contributed by atoms with Crippen molar-refractivity contribution in [3.8, 4) is 0 Å². The lowest BCUT2D eigenvalue weighted by molar-refractivity contribution is 0.456. The summed E-state index contributed by atoms with van der Waals surface area (Å²) in [5.41, 5.74) is 2.67. The van der Waals surface area contributed by atoms with Crippen LogP contribution in [0.25, 0.3) is 0 Å². The molecule has 1 saturated heterocycles. The van der Waals surface area contributed by atoms with E-state index in [1.807, 2.05) is 0 Å². The largest absolute Gasteiger partial charge is 0.368 e. The minimum atomic E-state index is 0.661. The first-order chi connectivity index (χ1) is 7.77. The standard InChI is InChI=1S/C15H21N/c1-13(2)12-15-10-6-7-11-16(15)14-8-4-3-5-9-14/h3-5,8-9,15H,1,6-7,10-12H2,2H3. The Labute approximate surface area is 98.8 Å². The summed E-state index contributed by atoms with van der Waals surface area (Å²) in [4.78, 5) is 2.55. The van der Waals surface area contributed by atoms with Gasteiger partial charge >= 0.3 is 0 Å². The van der Waals surface area contributed by atoms with Crippen LogP contribution in [-0.2, 0) is 0 Å². The zero-order valence-corrected chi connectivity index (χ0v) is 10.2. The quantitative estimate of drug-likeness (QED) is 0.689. The average Bonchev–Trinajstić information content (AvgIpc) is 2.30. The molecular formula is C15H21N. The minimum Gasteiger partial charge on any atom is -0.368 e. The van der Waals surface area contributed by atoms with E-state index < -0.39 is 0 Å². The van der Waals surface area contributed by atoms with E-state index in [2.05, 4.69) is 48.7 Å². The summed E-state index contributed by atoms with van der Waals surface area (Å²) in [6.07, 6.45) is 5.12. The van der Waals surface area contributed by atoms with E-state index in [0.29, 0.717) is 6.04 Å². The highest BCUT2D eigenvalue weighted by Crippen LogP contribution is 2.27. The monoisotopic (exact) mass is 215 g/mol. The number of para-hydroxylation sites is 1. The lowest BCUT2D eigenvalue weighted by Gasteiger charge is -2.38. The molecule has 86 valence electrons. The molecule has 0 amide bonds. The maximum absolute atomic E-state index is 4.05. The van der Waals surface area contributed by atoms with E-state index in [4.69, 9.17) is 0 Å². The molecule has 1 heteroatoms. The molecule has 1 aromatic carbocycles. The molecule has 1 unspecified atom stereocenters. The van der Waals surface area contributed by atoms with E-state index in [0.717, 1.165) is 6.42 Å². The number of benzene rings is 1. The van der Waals surface area contributed by atoms with Gasteiger partial charge in [0.25, 0.3) is 0 Å². The first kappa shape index (κ1) is 11.3. The molecule has 2 rings (SSSR count). The van der Waals surface area contributed by atoms with Crippen molar-refractivity contribution < 1.29 is 0 Å². The van der Waals surface area contributed by atoms with Crippen molar-refractivity contribution in [1.82, 2.24) is 0 Å². The first-order valence-corrected chi connectivity index (χ1v) is 6.23. The van der Waals surface area contributed by atoms with Crippen LogP contribution in [0.3, 0.4) is 0 Å². The molecule has 1 aliphatic heterocycles. The predicted octanol–water partition coefficient (Wildman–Crippen LogP) is 4.01. The van der Waals surface area contributed by atoms with Gasteiger partial charge in [-0.15, -0.1) is 6.58 Å². The highest BCUT2D eigenvalue weighted by Gasteiger charge is 2.22. The lowest BCUT2D eigenvalue weighted by Crippen LogP contribution is -2.39. The molecule has 0 saturated carbocycles. The normalized spacial score (nSPS) is 20.8. The van der Waals surface area contributed by atoms with Gasteiger partial charge in [0.05, 0.1) is 0 Å². The zero-order valence-electron chi connectivity index (χ0n) is 10.2. The van der Waals surface area contributed by atoms with Gasteiger partial charge in [0.1, 0.15) is 0 Å². The molecule has 1 atom stereocenters. The molecular weight excluding hydrogens is 194 g/mol. The second-order valence-corrected chi connectivity index (χ2v) is 4.84. The number of rotatable bonds is 3. The summed E-state index contributed by atoms with van der Waals surface area (Å²) >= 11 is 0. The van der Waals surface area contributed by atoms with Gasteiger partial charge in [-0.05, 0) is 44.7 Å². The first-order valence-electron chi connectivity index (χ1n) is 6.23. The number of nitrogens with zero attached hydrogens (tertiary/aromatic N) is 1. The second-order valence-electron chi connectivity index (χ2n) is 4.84. The topological polar surface area (TPSA) is 3.24 Å². The number of hydrogen-bond acceptors (Lipinski definition) is 1. The summed E-state index contributed by atoms with van der Waals surface area (Å²) in [7, 11) is 0. The van der Waals surface area contributed by atoms with E-state index in [1.165, 1.54) is 37.1 Å². The minimum absolute atomic E-state index is 0.661. The summed E-state index contributed by atoms with van der Waals surface area (Å²) in [5.74, 6) is 0. The van der Waals surface area contributed by atoms with Crippen LogP contribution in [-0.4, -0.2) is 12.6 Å². The van der Waals surface area contributed by atoms with Gasteiger partial charge in [0, 0.05) is 18.3 Å². The van der Waals surface area contributed by atoms with Crippen LogP contribution in [0.4, 0.5) is 5.69 Å². The van der Waals surface area contributed by atoms with Crippen LogP contribution >= 0.6 is 0 Å². The Morgan fingerprint density at radius 2 is 2.06 bits per heavy atom. The number of hydrogen-bond donors (Lipinski definition) is 0. The van der Waals surface area contributed by atoms with Crippen LogP contribution in [0, 0.1) is 0 Å². The third-order valence-corrected chi connectivity index (χ3v) is 3.30. The Balaban J connectivity index is 2.13. The maximum Gasteiger partial charge on any atom is 0.0368 e. The van der Waals surface area contributed by atoms with Gasteiger partial charge in [0.15, 0.2) is 0 Å². The number of anilines is 1. The van der Waals surface area contributed by atoms with Crippen LogP contribution < -0.4 is 4.90 Å². The molecule has 0 bridgehead atoms.